The van der Waals surface area contributed by atoms with E-state index in [1.54, 1.807) is 13.3 Å². The van der Waals surface area contributed by atoms with Gasteiger partial charge in [0, 0.05) is 6.21 Å². The normalized spacial score (nSPS) is 12.8. The molecule has 0 aliphatic heterocycles. The molecular weight excluding hydrogens is 266 g/mol. The zero-order chi connectivity index (χ0) is 13.6. The van der Waals surface area contributed by atoms with Crippen molar-refractivity contribution < 1.29 is 9.16 Å². The van der Waals surface area contributed by atoms with Crippen molar-refractivity contribution in [3.05, 3.63) is 41.2 Å². The van der Waals surface area contributed by atoms with Gasteiger partial charge in [0.2, 0.25) is 14.2 Å². The molecule has 0 bridgehead atoms. The Hall–Kier alpha value is -1.26. The van der Waals surface area contributed by atoms with E-state index in [1.165, 1.54) is 5.54 Å². The molecule has 0 aromatic heterocycles. The molecule has 1 aromatic carbocycles. The Kier molecular flexibility index (Phi) is 5.43. The SMILES string of the molecule is COc1ccc(/C=N/C(=C/Cl)O[Si](C)(C)C)cc1. The van der Waals surface area contributed by atoms with Gasteiger partial charge in [0.25, 0.3) is 0 Å². The second kappa shape index (κ2) is 6.61. The van der Waals surface area contributed by atoms with Crippen LogP contribution in [0.15, 0.2) is 40.7 Å². The molecule has 1 aromatic rings. The van der Waals surface area contributed by atoms with Crippen LogP contribution in [0.2, 0.25) is 19.6 Å². The lowest BCUT2D eigenvalue weighted by molar-refractivity contribution is 0.415. The van der Waals surface area contributed by atoms with E-state index in [1.807, 2.05) is 24.3 Å². The molecule has 3 nitrogen and oxygen atoms in total. The molecule has 0 amide bonds. The number of ether oxygens (including phenoxy) is 1. The average molecular weight is 284 g/mol. The fraction of sp³-hybridized carbons (Fsp3) is 0.308. The summed E-state index contributed by atoms with van der Waals surface area (Å²) in [4.78, 5) is 4.23. The number of hydrogen-bond donors (Lipinski definition) is 0. The number of aliphatic imine (C=N–C) groups is 1. The van der Waals surface area contributed by atoms with Gasteiger partial charge in [-0.1, -0.05) is 11.6 Å². The third-order valence-electron chi connectivity index (χ3n) is 1.96. The van der Waals surface area contributed by atoms with E-state index in [-0.39, 0.29) is 0 Å². The van der Waals surface area contributed by atoms with Gasteiger partial charge in [-0.05, 0) is 49.5 Å². The second-order valence-electron chi connectivity index (χ2n) is 4.69. The van der Waals surface area contributed by atoms with E-state index >= 15 is 0 Å². The number of hydrogen-bond acceptors (Lipinski definition) is 3. The minimum Gasteiger partial charge on any atom is -0.531 e. The van der Waals surface area contributed by atoms with E-state index < -0.39 is 8.32 Å². The first kappa shape index (κ1) is 14.8. The van der Waals surface area contributed by atoms with Crippen molar-refractivity contribution >= 4 is 26.1 Å². The van der Waals surface area contributed by atoms with Gasteiger partial charge in [-0.3, -0.25) is 0 Å². The van der Waals surface area contributed by atoms with Crippen molar-refractivity contribution in [1.82, 2.24) is 0 Å². The highest BCUT2D eigenvalue weighted by molar-refractivity contribution is 6.70. The molecule has 98 valence electrons. The lowest BCUT2D eigenvalue weighted by Crippen LogP contribution is -2.24. The van der Waals surface area contributed by atoms with Crippen LogP contribution >= 0.6 is 11.6 Å². The van der Waals surface area contributed by atoms with Gasteiger partial charge in [-0.15, -0.1) is 0 Å². The Balaban J connectivity index is 2.72. The third kappa shape index (κ3) is 5.38. The highest BCUT2D eigenvalue weighted by Crippen LogP contribution is 2.14. The largest absolute Gasteiger partial charge is 0.531 e. The van der Waals surface area contributed by atoms with Crippen LogP contribution in [0.5, 0.6) is 5.75 Å². The summed E-state index contributed by atoms with van der Waals surface area (Å²) in [6.45, 7) is 6.24. The van der Waals surface area contributed by atoms with Crippen LogP contribution in [-0.4, -0.2) is 21.6 Å². The van der Waals surface area contributed by atoms with Crippen molar-refractivity contribution in [2.45, 2.75) is 19.6 Å². The van der Waals surface area contributed by atoms with Gasteiger partial charge < -0.3 is 9.16 Å². The van der Waals surface area contributed by atoms with Gasteiger partial charge in [0.1, 0.15) is 5.75 Å². The first-order chi connectivity index (χ1) is 8.44. The van der Waals surface area contributed by atoms with E-state index in [0.717, 1.165) is 11.3 Å². The summed E-state index contributed by atoms with van der Waals surface area (Å²) in [6.07, 6.45) is 1.72. The van der Waals surface area contributed by atoms with Gasteiger partial charge in [0.05, 0.1) is 12.6 Å². The highest BCUT2D eigenvalue weighted by atomic mass is 35.5. The van der Waals surface area contributed by atoms with E-state index in [0.29, 0.717) is 5.88 Å². The molecule has 0 aliphatic carbocycles. The number of benzene rings is 1. The van der Waals surface area contributed by atoms with Crippen molar-refractivity contribution in [1.29, 1.82) is 0 Å². The fourth-order valence-electron chi connectivity index (χ4n) is 1.22. The molecule has 0 N–H and O–H groups in total. The van der Waals surface area contributed by atoms with Crippen LogP contribution in [-0.2, 0) is 4.43 Å². The number of methoxy groups -OCH3 is 1. The van der Waals surface area contributed by atoms with Crippen LogP contribution in [0, 0.1) is 0 Å². The van der Waals surface area contributed by atoms with Crippen molar-refractivity contribution in [3.8, 4) is 5.75 Å². The van der Waals surface area contributed by atoms with Crippen LogP contribution in [0.3, 0.4) is 0 Å². The molecule has 1 rings (SSSR count). The summed E-state index contributed by atoms with van der Waals surface area (Å²) in [6, 6.07) is 7.60. The lowest BCUT2D eigenvalue weighted by atomic mass is 10.2. The summed E-state index contributed by atoms with van der Waals surface area (Å²) in [5, 5.41) is 0. The van der Waals surface area contributed by atoms with Crippen LogP contribution in [0.4, 0.5) is 0 Å². The molecule has 18 heavy (non-hydrogen) atoms. The predicted molar refractivity (Wildman–Crippen MR) is 79.0 cm³/mol. The van der Waals surface area contributed by atoms with Gasteiger partial charge >= 0.3 is 0 Å². The Bertz CT molecular complexity index is 435. The smallest absolute Gasteiger partial charge is 0.244 e. The van der Waals surface area contributed by atoms with Crippen LogP contribution in [0.25, 0.3) is 0 Å². The van der Waals surface area contributed by atoms with Crippen LogP contribution in [0.1, 0.15) is 5.56 Å². The summed E-state index contributed by atoms with van der Waals surface area (Å²) >= 11 is 5.69. The quantitative estimate of drug-likeness (QED) is 0.464. The molecule has 0 radical (unpaired) electrons. The molecule has 0 saturated heterocycles. The third-order valence-corrected chi connectivity index (χ3v) is 2.97. The lowest BCUT2D eigenvalue weighted by Gasteiger charge is -2.18. The van der Waals surface area contributed by atoms with Gasteiger partial charge in [-0.25, -0.2) is 4.99 Å². The maximum absolute atomic E-state index is 5.70. The molecule has 0 fully saturated rings. The first-order valence-electron chi connectivity index (χ1n) is 5.62. The second-order valence-corrected chi connectivity index (χ2v) is 9.34. The monoisotopic (exact) mass is 283 g/mol. The first-order valence-corrected chi connectivity index (χ1v) is 9.46. The maximum Gasteiger partial charge on any atom is 0.244 e. The van der Waals surface area contributed by atoms with Crippen molar-refractivity contribution in [2.24, 2.45) is 4.99 Å². The minimum absolute atomic E-state index is 0.451. The molecule has 0 saturated carbocycles. The average Bonchev–Trinajstić information content (AvgIpc) is 2.33. The molecule has 0 unspecified atom stereocenters. The molecule has 0 atom stereocenters. The Morgan fingerprint density at radius 3 is 2.28 bits per heavy atom. The topological polar surface area (TPSA) is 30.8 Å². The molecular formula is C13H18ClNO2Si. The van der Waals surface area contributed by atoms with E-state index in [4.69, 9.17) is 20.8 Å². The highest BCUT2D eigenvalue weighted by Gasteiger charge is 2.16. The maximum atomic E-state index is 5.70. The van der Waals surface area contributed by atoms with Gasteiger partial charge in [0.15, 0.2) is 0 Å². The molecule has 0 aliphatic rings. The summed E-state index contributed by atoms with van der Waals surface area (Å²) < 4.78 is 10.8. The molecule has 0 heterocycles. The number of rotatable bonds is 5. The number of nitrogens with zero attached hydrogens (tertiary/aromatic N) is 1. The fourth-order valence-corrected chi connectivity index (χ4v) is 2.13. The zero-order valence-corrected chi connectivity index (χ0v) is 12.9. The van der Waals surface area contributed by atoms with Crippen LogP contribution < -0.4 is 4.74 Å². The summed E-state index contributed by atoms with van der Waals surface area (Å²) in [7, 11) is -0.0425. The Labute approximate surface area is 114 Å². The van der Waals surface area contributed by atoms with Gasteiger partial charge in [-0.2, -0.15) is 0 Å². The standard InChI is InChI=1S/C13H18ClNO2Si/c1-16-12-7-5-11(6-8-12)10-15-13(9-14)17-18(2,3)4/h5-10H,1-4H3/b13-9-,15-10+. The van der Waals surface area contributed by atoms with E-state index in [9.17, 15) is 0 Å². The molecule has 0 spiro atoms. The van der Waals surface area contributed by atoms with E-state index in [2.05, 4.69) is 24.6 Å². The summed E-state index contributed by atoms with van der Waals surface area (Å²) in [5.41, 5.74) is 2.32. The molecule has 5 heteroatoms. The zero-order valence-electron chi connectivity index (χ0n) is 11.1. The Morgan fingerprint density at radius 2 is 1.83 bits per heavy atom. The minimum atomic E-state index is -1.68. The predicted octanol–water partition coefficient (Wildman–Crippen LogP) is 4.00. The number of halogens is 1. The Morgan fingerprint density at radius 1 is 1.22 bits per heavy atom. The van der Waals surface area contributed by atoms with Crippen molar-refractivity contribution in [2.75, 3.05) is 7.11 Å². The van der Waals surface area contributed by atoms with Crippen molar-refractivity contribution in [3.63, 3.8) is 0 Å². The summed E-state index contributed by atoms with van der Waals surface area (Å²) in [5.74, 6) is 1.27.